The van der Waals surface area contributed by atoms with Gasteiger partial charge in [0.05, 0.1) is 30.4 Å². The van der Waals surface area contributed by atoms with Crippen molar-refractivity contribution in [2.24, 2.45) is 0 Å². The lowest BCUT2D eigenvalue weighted by atomic mass is 10.1. The zero-order valence-electron chi connectivity index (χ0n) is 20.6. The molecule has 36 heavy (non-hydrogen) atoms. The first-order valence-electron chi connectivity index (χ1n) is 11.9. The Hall–Kier alpha value is -2.81. The van der Waals surface area contributed by atoms with Gasteiger partial charge >= 0.3 is 0 Å². The van der Waals surface area contributed by atoms with Crippen LogP contribution in [0.2, 0.25) is 0 Å². The zero-order chi connectivity index (χ0) is 25.4. The zero-order valence-corrected chi connectivity index (χ0v) is 23.0. The van der Waals surface area contributed by atoms with E-state index in [0.717, 1.165) is 82.0 Å². The number of imide groups is 1. The van der Waals surface area contributed by atoms with E-state index >= 15 is 0 Å². The predicted octanol–water partition coefficient (Wildman–Crippen LogP) is 6.24. The van der Waals surface area contributed by atoms with Crippen LogP contribution < -0.4 is 4.90 Å². The fourth-order valence-corrected chi connectivity index (χ4v) is 6.21. The molecule has 0 aliphatic carbocycles. The Morgan fingerprint density at radius 3 is 2.50 bits per heavy atom. The number of halogens is 1. The van der Waals surface area contributed by atoms with Gasteiger partial charge in [-0.1, -0.05) is 24.3 Å². The molecule has 2 aliphatic heterocycles. The molecule has 0 radical (unpaired) electrons. The third-order valence-corrected chi connectivity index (χ3v) is 8.30. The number of carbonyl (C=O) groups excluding carboxylic acids is 2. The van der Waals surface area contributed by atoms with Crippen molar-refractivity contribution in [3.63, 3.8) is 0 Å². The van der Waals surface area contributed by atoms with Gasteiger partial charge in [-0.05, 0) is 95.5 Å². The SMILES string of the molecule is Cc1ccccc1CN1C(=O)S/C(=C\c2cc(C)n(-c3ccc(N4CCOCC4)c(Br)c3)c2C)C1=O. The number of morpholine rings is 1. The van der Waals surface area contributed by atoms with E-state index in [0.29, 0.717) is 4.91 Å². The van der Waals surface area contributed by atoms with Crippen LogP contribution >= 0.6 is 27.7 Å². The molecule has 0 unspecified atom stereocenters. The molecule has 2 aliphatic rings. The molecule has 3 heterocycles. The van der Waals surface area contributed by atoms with Gasteiger partial charge < -0.3 is 14.2 Å². The van der Waals surface area contributed by atoms with Crippen molar-refractivity contribution < 1.29 is 14.3 Å². The van der Waals surface area contributed by atoms with Crippen molar-refractivity contribution in [2.45, 2.75) is 27.3 Å². The number of amides is 2. The van der Waals surface area contributed by atoms with Gasteiger partial charge in [0.15, 0.2) is 0 Å². The van der Waals surface area contributed by atoms with Gasteiger partial charge in [-0.25, -0.2) is 0 Å². The quantitative estimate of drug-likeness (QED) is 0.343. The Bertz CT molecular complexity index is 1370. The normalized spacial score (nSPS) is 17.5. The number of aromatic nitrogens is 1. The van der Waals surface area contributed by atoms with Crippen LogP contribution in [0.4, 0.5) is 10.5 Å². The van der Waals surface area contributed by atoms with Gasteiger partial charge in [0.1, 0.15) is 0 Å². The van der Waals surface area contributed by atoms with E-state index in [9.17, 15) is 9.59 Å². The third-order valence-electron chi connectivity index (χ3n) is 6.76. The molecule has 2 fully saturated rings. The van der Waals surface area contributed by atoms with Crippen molar-refractivity contribution in [1.29, 1.82) is 0 Å². The third kappa shape index (κ3) is 4.77. The summed E-state index contributed by atoms with van der Waals surface area (Å²) in [5, 5.41) is -0.231. The fourth-order valence-electron chi connectivity index (χ4n) is 4.76. The second-order valence-corrected chi connectivity index (χ2v) is 10.9. The van der Waals surface area contributed by atoms with Crippen LogP contribution in [-0.4, -0.2) is 46.9 Å². The topological polar surface area (TPSA) is 54.8 Å². The lowest BCUT2D eigenvalue weighted by molar-refractivity contribution is -0.123. The number of hydrogen-bond acceptors (Lipinski definition) is 5. The largest absolute Gasteiger partial charge is 0.378 e. The van der Waals surface area contributed by atoms with E-state index in [1.165, 1.54) is 4.90 Å². The summed E-state index contributed by atoms with van der Waals surface area (Å²) in [6.45, 7) is 9.61. The predicted molar refractivity (Wildman–Crippen MR) is 149 cm³/mol. The van der Waals surface area contributed by atoms with E-state index in [1.807, 2.05) is 44.2 Å². The van der Waals surface area contributed by atoms with Crippen molar-refractivity contribution >= 4 is 50.6 Å². The maximum atomic E-state index is 13.1. The van der Waals surface area contributed by atoms with Gasteiger partial charge in [0, 0.05) is 34.6 Å². The molecular formula is C28H28BrN3O3S. The molecule has 0 N–H and O–H groups in total. The molecule has 0 atom stereocenters. The molecular weight excluding hydrogens is 538 g/mol. The van der Waals surface area contributed by atoms with Crippen LogP contribution in [0.25, 0.3) is 11.8 Å². The standard InChI is InChI=1S/C28H28BrN3O3S/c1-18-6-4-5-7-21(18)17-31-27(33)26(36-28(31)34)15-22-14-19(2)32(20(22)3)23-8-9-25(24(29)16-23)30-10-12-35-13-11-30/h4-9,14-16H,10-13,17H2,1-3H3/b26-15-. The minimum atomic E-state index is -0.240. The fraction of sp³-hybridized carbons (Fsp3) is 0.286. The van der Waals surface area contributed by atoms with Crippen molar-refractivity contribution in [3.8, 4) is 5.69 Å². The maximum Gasteiger partial charge on any atom is 0.293 e. The van der Waals surface area contributed by atoms with E-state index in [2.05, 4.69) is 56.6 Å². The summed E-state index contributed by atoms with van der Waals surface area (Å²) in [6, 6.07) is 16.3. The summed E-state index contributed by atoms with van der Waals surface area (Å²) in [5.74, 6) is -0.240. The smallest absolute Gasteiger partial charge is 0.293 e. The molecule has 0 spiro atoms. The van der Waals surface area contributed by atoms with Gasteiger partial charge in [-0.15, -0.1) is 0 Å². The van der Waals surface area contributed by atoms with Crippen LogP contribution in [0.1, 0.15) is 28.1 Å². The second kappa shape index (κ2) is 10.3. The Morgan fingerprint density at radius 2 is 1.78 bits per heavy atom. The number of hydrogen-bond donors (Lipinski definition) is 0. The van der Waals surface area contributed by atoms with Gasteiger partial charge in [-0.3, -0.25) is 14.5 Å². The van der Waals surface area contributed by atoms with Crippen molar-refractivity contribution in [2.75, 3.05) is 31.2 Å². The van der Waals surface area contributed by atoms with Crippen LogP contribution in [0.15, 0.2) is 57.9 Å². The monoisotopic (exact) mass is 565 g/mol. The lowest BCUT2D eigenvalue weighted by Crippen LogP contribution is -2.36. The molecule has 2 aromatic carbocycles. The second-order valence-electron chi connectivity index (χ2n) is 9.09. The summed E-state index contributed by atoms with van der Waals surface area (Å²) in [4.78, 5) is 29.9. The first kappa shape index (κ1) is 24.9. The van der Waals surface area contributed by atoms with Crippen molar-refractivity contribution in [1.82, 2.24) is 9.47 Å². The molecule has 6 nitrogen and oxygen atoms in total. The van der Waals surface area contributed by atoms with Crippen LogP contribution in [0.3, 0.4) is 0 Å². The highest BCUT2D eigenvalue weighted by molar-refractivity contribution is 9.10. The number of benzene rings is 2. The molecule has 0 bridgehead atoms. The molecule has 1 aromatic heterocycles. The number of rotatable bonds is 5. The van der Waals surface area contributed by atoms with E-state index in [1.54, 1.807) is 0 Å². The van der Waals surface area contributed by atoms with Gasteiger partial charge in [0.2, 0.25) is 0 Å². The summed E-state index contributed by atoms with van der Waals surface area (Å²) >= 11 is 4.77. The Balaban J connectivity index is 1.40. The van der Waals surface area contributed by atoms with Crippen molar-refractivity contribution in [3.05, 3.63) is 86.0 Å². The van der Waals surface area contributed by atoms with Crippen LogP contribution in [-0.2, 0) is 16.1 Å². The minimum absolute atomic E-state index is 0.231. The molecule has 3 aromatic rings. The number of nitrogens with zero attached hydrogens (tertiary/aromatic N) is 3. The van der Waals surface area contributed by atoms with E-state index in [4.69, 9.17) is 4.74 Å². The molecule has 0 saturated carbocycles. The number of aryl methyl sites for hydroxylation is 2. The van der Waals surface area contributed by atoms with Crippen LogP contribution in [0, 0.1) is 20.8 Å². The summed E-state index contributed by atoms with van der Waals surface area (Å²) in [7, 11) is 0. The Morgan fingerprint density at radius 1 is 1.03 bits per heavy atom. The lowest BCUT2D eigenvalue weighted by Gasteiger charge is -2.30. The molecule has 2 amide bonds. The number of carbonyl (C=O) groups is 2. The maximum absolute atomic E-state index is 13.1. The Kier molecular flexibility index (Phi) is 7.10. The number of anilines is 1. The Labute approximate surface area is 224 Å². The number of thioether (sulfide) groups is 1. The van der Waals surface area contributed by atoms with E-state index < -0.39 is 0 Å². The van der Waals surface area contributed by atoms with E-state index in [-0.39, 0.29) is 17.7 Å². The van der Waals surface area contributed by atoms with Gasteiger partial charge in [-0.2, -0.15) is 0 Å². The first-order valence-corrected chi connectivity index (χ1v) is 13.6. The highest BCUT2D eigenvalue weighted by Crippen LogP contribution is 2.36. The summed E-state index contributed by atoms with van der Waals surface area (Å²) < 4.78 is 8.70. The molecule has 5 rings (SSSR count). The highest BCUT2D eigenvalue weighted by atomic mass is 79.9. The van der Waals surface area contributed by atoms with Gasteiger partial charge in [0.25, 0.3) is 11.1 Å². The van der Waals surface area contributed by atoms with Crippen LogP contribution in [0.5, 0.6) is 0 Å². The average Bonchev–Trinajstić information content (AvgIpc) is 3.29. The highest BCUT2D eigenvalue weighted by Gasteiger charge is 2.35. The average molecular weight is 567 g/mol. The minimum Gasteiger partial charge on any atom is -0.378 e. The summed E-state index contributed by atoms with van der Waals surface area (Å²) in [6.07, 6.45) is 1.85. The summed E-state index contributed by atoms with van der Waals surface area (Å²) in [5.41, 5.74) is 7.25. The molecule has 2 saturated heterocycles. The first-order chi connectivity index (χ1) is 17.3. The molecule has 186 valence electrons. The number of ether oxygens (including phenoxy) is 1. The molecule has 8 heteroatoms.